The largest absolute Gasteiger partial charge is 0.494 e. The molecule has 1 aliphatic heterocycles. The van der Waals surface area contributed by atoms with E-state index in [1.807, 2.05) is 6.07 Å². The number of hydrogen-bond donors (Lipinski definition) is 0. The molecule has 5 heteroatoms. The Morgan fingerprint density at radius 1 is 1.10 bits per heavy atom. The molecule has 0 spiro atoms. The summed E-state index contributed by atoms with van der Waals surface area (Å²) in [4.78, 5) is 15.4. The molecule has 1 atom stereocenters. The fourth-order valence-electron chi connectivity index (χ4n) is 4.19. The second-order valence-corrected chi connectivity index (χ2v) is 8.62. The molecule has 0 radical (unpaired) electrons. The number of unbranched alkanes of at least 4 members (excludes halogenated alkanes) is 2. The molecule has 0 amide bonds. The van der Waals surface area contributed by atoms with Crippen LogP contribution in [0.3, 0.4) is 0 Å². The maximum absolute atomic E-state index is 12.8. The Morgan fingerprint density at radius 3 is 2.86 bits per heavy atom. The summed E-state index contributed by atoms with van der Waals surface area (Å²) in [5.74, 6) is 1.55. The summed E-state index contributed by atoms with van der Waals surface area (Å²) in [7, 11) is 0. The van der Waals surface area contributed by atoms with Crippen LogP contribution in [0.4, 0.5) is 0 Å². The fourth-order valence-corrected chi connectivity index (χ4v) is 4.35. The first kappa shape index (κ1) is 20.2. The van der Waals surface area contributed by atoms with E-state index < -0.39 is 0 Å². The molecule has 154 valence electrons. The third-order valence-corrected chi connectivity index (χ3v) is 5.97. The number of rotatable bonds is 7. The summed E-state index contributed by atoms with van der Waals surface area (Å²) in [6.45, 7) is 6.70. The van der Waals surface area contributed by atoms with Gasteiger partial charge >= 0.3 is 0 Å². The number of ether oxygens (including phenoxy) is 1. The Labute approximate surface area is 176 Å². The zero-order chi connectivity index (χ0) is 20.2. The Balaban J connectivity index is 1.31. The van der Waals surface area contributed by atoms with Gasteiger partial charge in [0.05, 0.1) is 17.4 Å². The molecule has 0 aliphatic carbocycles. The van der Waals surface area contributed by atoms with E-state index in [1.165, 1.54) is 38.9 Å². The molecule has 1 aliphatic rings. The monoisotopic (exact) mass is 413 g/mol. The maximum atomic E-state index is 12.8. The molecule has 29 heavy (non-hydrogen) atoms. The summed E-state index contributed by atoms with van der Waals surface area (Å²) in [6.07, 6.45) is 6.10. The molecule has 3 aromatic rings. The first-order valence-electron chi connectivity index (χ1n) is 10.6. The highest BCUT2D eigenvalue weighted by atomic mass is 35.5. The lowest BCUT2D eigenvalue weighted by Crippen LogP contribution is -2.34. The van der Waals surface area contributed by atoms with Gasteiger partial charge in [0.2, 0.25) is 5.43 Å². The summed E-state index contributed by atoms with van der Waals surface area (Å²) in [5.41, 5.74) is 0.999. The summed E-state index contributed by atoms with van der Waals surface area (Å²) in [6, 6.07) is 10.5. The van der Waals surface area contributed by atoms with Crippen molar-refractivity contribution in [3.8, 4) is 5.75 Å². The fraction of sp³-hybridized carbons (Fsp3) is 0.458. The number of hydrogen-bond acceptors (Lipinski definition) is 4. The van der Waals surface area contributed by atoms with E-state index in [-0.39, 0.29) is 5.43 Å². The van der Waals surface area contributed by atoms with Crippen LogP contribution in [0, 0.1) is 5.92 Å². The Kier molecular flexibility index (Phi) is 6.41. The van der Waals surface area contributed by atoms with Crippen molar-refractivity contribution in [3.63, 3.8) is 0 Å². The Hall–Kier alpha value is -2.04. The van der Waals surface area contributed by atoms with E-state index in [1.54, 1.807) is 30.3 Å². The van der Waals surface area contributed by atoms with E-state index in [9.17, 15) is 4.79 Å². The summed E-state index contributed by atoms with van der Waals surface area (Å²) >= 11 is 6.01. The topological polar surface area (TPSA) is 42.7 Å². The first-order chi connectivity index (χ1) is 14.1. The van der Waals surface area contributed by atoms with Gasteiger partial charge in [-0.2, -0.15) is 0 Å². The standard InChI is InChI=1S/C24H28ClNO3/c1-17-6-5-12-26(16-17)11-3-2-4-13-28-19-8-10-22-21(15-19)24(27)20-9-7-18(25)14-23(20)29-22/h7-10,14-15,17H,2-6,11-13,16H2,1H3. The van der Waals surface area contributed by atoms with Crippen molar-refractivity contribution in [2.45, 2.75) is 39.0 Å². The van der Waals surface area contributed by atoms with Gasteiger partial charge in [0.15, 0.2) is 0 Å². The lowest BCUT2D eigenvalue weighted by molar-refractivity contribution is 0.179. The third kappa shape index (κ3) is 4.93. The molecule has 0 bridgehead atoms. The highest BCUT2D eigenvalue weighted by molar-refractivity contribution is 6.31. The average Bonchev–Trinajstić information content (AvgIpc) is 2.71. The van der Waals surface area contributed by atoms with Crippen molar-refractivity contribution in [2.24, 2.45) is 5.92 Å². The minimum atomic E-state index is -0.0564. The molecule has 2 aromatic carbocycles. The molecular formula is C24H28ClNO3. The highest BCUT2D eigenvalue weighted by Crippen LogP contribution is 2.24. The van der Waals surface area contributed by atoms with Gasteiger partial charge in [-0.1, -0.05) is 18.5 Å². The lowest BCUT2D eigenvalue weighted by Gasteiger charge is -2.30. The van der Waals surface area contributed by atoms with Crippen LogP contribution in [0.1, 0.15) is 39.0 Å². The molecule has 1 fully saturated rings. The molecule has 2 heterocycles. The number of piperidine rings is 1. The first-order valence-corrected chi connectivity index (χ1v) is 11.0. The van der Waals surface area contributed by atoms with Crippen LogP contribution < -0.4 is 10.2 Å². The van der Waals surface area contributed by atoms with Crippen molar-refractivity contribution in [3.05, 3.63) is 51.6 Å². The predicted octanol–water partition coefficient (Wildman–Crippen LogP) is 5.88. The lowest BCUT2D eigenvalue weighted by atomic mass is 10.00. The van der Waals surface area contributed by atoms with E-state index in [0.29, 0.717) is 39.3 Å². The van der Waals surface area contributed by atoms with Gasteiger partial charge in [0, 0.05) is 17.6 Å². The molecule has 1 unspecified atom stereocenters. The van der Waals surface area contributed by atoms with Gasteiger partial charge in [0.1, 0.15) is 16.9 Å². The minimum absolute atomic E-state index is 0.0564. The quantitative estimate of drug-likeness (QED) is 0.358. The van der Waals surface area contributed by atoms with Crippen LogP contribution in [-0.4, -0.2) is 31.1 Å². The van der Waals surface area contributed by atoms with Crippen molar-refractivity contribution < 1.29 is 9.15 Å². The van der Waals surface area contributed by atoms with Crippen LogP contribution in [0.25, 0.3) is 21.9 Å². The van der Waals surface area contributed by atoms with E-state index in [0.717, 1.165) is 18.8 Å². The van der Waals surface area contributed by atoms with Crippen molar-refractivity contribution >= 4 is 33.5 Å². The van der Waals surface area contributed by atoms with Crippen LogP contribution >= 0.6 is 11.6 Å². The van der Waals surface area contributed by atoms with Gasteiger partial charge in [-0.3, -0.25) is 4.79 Å². The van der Waals surface area contributed by atoms with Gasteiger partial charge in [-0.25, -0.2) is 0 Å². The van der Waals surface area contributed by atoms with Gasteiger partial charge in [0.25, 0.3) is 0 Å². The normalized spacial score (nSPS) is 17.8. The smallest absolute Gasteiger partial charge is 0.200 e. The van der Waals surface area contributed by atoms with Crippen LogP contribution in [0.15, 0.2) is 45.6 Å². The number of halogens is 1. The number of likely N-dealkylation sites (tertiary alicyclic amines) is 1. The van der Waals surface area contributed by atoms with Crippen LogP contribution in [0.2, 0.25) is 5.02 Å². The second-order valence-electron chi connectivity index (χ2n) is 8.19. The molecule has 1 saturated heterocycles. The van der Waals surface area contributed by atoms with E-state index in [2.05, 4.69) is 11.8 Å². The third-order valence-electron chi connectivity index (χ3n) is 5.73. The SMILES string of the molecule is CC1CCCN(CCCCCOc2ccc3oc4cc(Cl)ccc4c(=O)c3c2)C1. The van der Waals surface area contributed by atoms with E-state index >= 15 is 0 Å². The number of benzene rings is 2. The molecular weight excluding hydrogens is 386 g/mol. The van der Waals surface area contributed by atoms with E-state index in [4.69, 9.17) is 20.8 Å². The minimum Gasteiger partial charge on any atom is -0.494 e. The van der Waals surface area contributed by atoms with Crippen molar-refractivity contribution in [1.29, 1.82) is 0 Å². The molecule has 4 nitrogen and oxygen atoms in total. The zero-order valence-corrected chi connectivity index (χ0v) is 17.7. The van der Waals surface area contributed by atoms with Crippen molar-refractivity contribution in [1.82, 2.24) is 4.90 Å². The Bertz CT molecular complexity index is 1050. The van der Waals surface area contributed by atoms with Crippen molar-refractivity contribution in [2.75, 3.05) is 26.2 Å². The van der Waals surface area contributed by atoms with Crippen LogP contribution in [-0.2, 0) is 0 Å². The highest BCUT2D eigenvalue weighted by Gasteiger charge is 2.15. The Morgan fingerprint density at radius 2 is 2.00 bits per heavy atom. The number of fused-ring (bicyclic) bond motifs is 2. The predicted molar refractivity (Wildman–Crippen MR) is 119 cm³/mol. The molecule has 0 N–H and O–H groups in total. The molecule has 1 aromatic heterocycles. The zero-order valence-electron chi connectivity index (χ0n) is 17.0. The molecule has 4 rings (SSSR count). The van der Waals surface area contributed by atoms with Gasteiger partial charge in [-0.05, 0) is 81.4 Å². The average molecular weight is 414 g/mol. The summed E-state index contributed by atoms with van der Waals surface area (Å²) < 4.78 is 11.7. The summed E-state index contributed by atoms with van der Waals surface area (Å²) in [5, 5.41) is 1.62. The van der Waals surface area contributed by atoms with Gasteiger partial charge < -0.3 is 14.1 Å². The second kappa shape index (κ2) is 9.19. The van der Waals surface area contributed by atoms with Crippen LogP contribution in [0.5, 0.6) is 5.75 Å². The molecule has 0 saturated carbocycles. The number of nitrogens with zero attached hydrogens (tertiary/aromatic N) is 1. The maximum Gasteiger partial charge on any atom is 0.200 e. The van der Waals surface area contributed by atoms with Gasteiger partial charge in [-0.15, -0.1) is 0 Å².